The van der Waals surface area contributed by atoms with Gasteiger partial charge in [-0.1, -0.05) is 37.3 Å². The van der Waals surface area contributed by atoms with Crippen molar-refractivity contribution >= 4 is 0 Å². The molecule has 0 aromatic heterocycles. The van der Waals surface area contributed by atoms with Crippen molar-refractivity contribution < 1.29 is 17.9 Å². The average molecular weight is 334 g/mol. The predicted octanol–water partition coefficient (Wildman–Crippen LogP) is 6.23. The Labute approximate surface area is 140 Å². The van der Waals surface area contributed by atoms with Crippen LogP contribution < -0.4 is 4.74 Å². The standard InChI is InChI=1S/C20H21F3O/c1-3-16(21)7-5-6-14-8-10-15(11-9-14)17-12-13-18(24-4-2)20(23)19(17)22/h7-13H,3-6H2,1-2H3/b16-7-. The molecule has 0 saturated heterocycles. The van der Waals surface area contributed by atoms with Crippen molar-refractivity contribution in [1.82, 2.24) is 0 Å². The monoisotopic (exact) mass is 334 g/mol. The number of aryl methyl sites for hydroxylation is 1. The lowest BCUT2D eigenvalue weighted by atomic mass is 10.0. The number of hydrogen-bond donors (Lipinski definition) is 0. The number of halogens is 3. The van der Waals surface area contributed by atoms with Gasteiger partial charge in [-0.3, -0.25) is 0 Å². The highest BCUT2D eigenvalue weighted by Crippen LogP contribution is 2.30. The van der Waals surface area contributed by atoms with E-state index in [0.717, 1.165) is 5.56 Å². The molecule has 0 unspecified atom stereocenters. The zero-order valence-electron chi connectivity index (χ0n) is 13.9. The summed E-state index contributed by atoms with van der Waals surface area (Å²) in [6, 6.07) is 10.1. The van der Waals surface area contributed by atoms with Crippen LogP contribution in [0.2, 0.25) is 0 Å². The third-order valence-corrected chi connectivity index (χ3v) is 3.75. The summed E-state index contributed by atoms with van der Waals surface area (Å²) in [6.45, 7) is 3.76. The Morgan fingerprint density at radius 2 is 1.71 bits per heavy atom. The fourth-order valence-electron chi connectivity index (χ4n) is 2.41. The maximum absolute atomic E-state index is 14.2. The molecule has 2 aromatic rings. The Kier molecular flexibility index (Phi) is 6.47. The summed E-state index contributed by atoms with van der Waals surface area (Å²) in [7, 11) is 0. The van der Waals surface area contributed by atoms with E-state index in [2.05, 4.69) is 0 Å². The summed E-state index contributed by atoms with van der Waals surface area (Å²) >= 11 is 0. The lowest BCUT2D eigenvalue weighted by Gasteiger charge is -2.09. The van der Waals surface area contributed by atoms with Crippen LogP contribution in [-0.4, -0.2) is 6.61 Å². The van der Waals surface area contributed by atoms with Gasteiger partial charge in [0.05, 0.1) is 12.4 Å². The highest BCUT2D eigenvalue weighted by molar-refractivity contribution is 5.65. The second-order valence-corrected chi connectivity index (χ2v) is 5.41. The number of rotatable bonds is 7. The fourth-order valence-corrected chi connectivity index (χ4v) is 2.41. The second-order valence-electron chi connectivity index (χ2n) is 5.41. The minimum Gasteiger partial charge on any atom is -0.491 e. The fraction of sp³-hybridized carbons (Fsp3) is 0.300. The molecule has 2 aromatic carbocycles. The molecule has 0 N–H and O–H groups in total. The van der Waals surface area contributed by atoms with Crippen LogP contribution in [0.4, 0.5) is 13.2 Å². The molecule has 0 aliphatic rings. The van der Waals surface area contributed by atoms with Gasteiger partial charge in [-0.25, -0.2) is 8.78 Å². The van der Waals surface area contributed by atoms with Crippen molar-refractivity contribution in [2.24, 2.45) is 0 Å². The molecule has 0 aliphatic heterocycles. The second kappa shape index (κ2) is 8.57. The van der Waals surface area contributed by atoms with Crippen molar-refractivity contribution in [3.63, 3.8) is 0 Å². The summed E-state index contributed by atoms with van der Waals surface area (Å²) in [6.07, 6.45) is 3.30. The predicted molar refractivity (Wildman–Crippen MR) is 90.8 cm³/mol. The van der Waals surface area contributed by atoms with E-state index >= 15 is 0 Å². The topological polar surface area (TPSA) is 9.23 Å². The molecule has 0 fully saturated rings. The summed E-state index contributed by atoms with van der Waals surface area (Å²) in [4.78, 5) is 0. The third kappa shape index (κ3) is 4.40. The van der Waals surface area contributed by atoms with Gasteiger partial charge in [-0.15, -0.1) is 0 Å². The summed E-state index contributed by atoms with van der Waals surface area (Å²) in [5.74, 6) is -2.08. The van der Waals surface area contributed by atoms with Gasteiger partial charge in [-0.2, -0.15) is 4.39 Å². The molecule has 0 saturated carbocycles. The smallest absolute Gasteiger partial charge is 0.201 e. The van der Waals surface area contributed by atoms with Crippen molar-refractivity contribution in [2.45, 2.75) is 33.1 Å². The molecule has 4 heteroatoms. The van der Waals surface area contributed by atoms with Crippen LogP contribution in [0, 0.1) is 11.6 Å². The van der Waals surface area contributed by atoms with Crippen molar-refractivity contribution in [1.29, 1.82) is 0 Å². The Morgan fingerprint density at radius 1 is 1.00 bits per heavy atom. The van der Waals surface area contributed by atoms with E-state index < -0.39 is 11.6 Å². The molecule has 24 heavy (non-hydrogen) atoms. The zero-order chi connectivity index (χ0) is 17.5. The van der Waals surface area contributed by atoms with E-state index in [1.54, 1.807) is 32.1 Å². The molecular formula is C20H21F3O. The largest absolute Gasteiger partial charge is 0.491 e. The van der Waals surface area contributed by atoms with Crippen LogP contribution in [-0.2, 0) is 6.42 Å². The van der Waals surface area contributed by atoms with Crippen LogP contribution >= 0.6 is 0 Å². The number of benzene rings is 2. The van der Waals surface area contributed by atoms with Crippen molar-refractivity contribution in [2.75, 3.05) is 6.61 Å². The van der Waals surface area contributed by atoms with E-state index in [4.69, 9.17) is 4.74 Å². The van der Waals surface area contributed by atoms with E-state index in [0.29, 0.717) is 24.8 Å². The first-order valence-electron chi connectivity index (χ1n) is 8.11. The van der Waals surface area contributed by atoms with Crippen LogP contribution in [0.3, 0.4) is 0 Å². The molecule has 0 spiro atoms. The van der Waals surface area contributed by atoms with E-state index in [-0.39, 0.29) is 23.7 Å². The number of ether oxygens (including phenoxy) is 1. The molecule has 1 nitrogen and oxygen atoms in total. The number of hydrogen-bond acceptors (Lipinski definition) is 1. The molecule has 0 heterocycles. The van der Waals surface area contributed by atoms with Crippen molar-refractivity contribution in [3.8, 4) is 16.9 Å². The van der Waals surface area contributed by atoms with Crippen LogP contribution in [0.5, 0.6) is 5.75 Å². The minimum absolute atomic E-state index is 0.0832. The summed E-state index contributed by atoms with van der Waals surface area (Å²) in [5, 5.41) is 0. The van der Waals surface area contributed by atoms with Crippen LogP contribution in [0.25, 0.3) is 11.1 Å². The minimum atomic E-state index is -0.974. The zero-order valence-corrected chi connectivity index (χ0v) is 13.9. The Morgan fingerprint density at radius 3 is 2.33 bits per heavy atom. The molecule has 0 radical (unpaired) electrons. The molecule has 2 rings (SSSR count). The van der Waals surface area contributed by atoms with Gasteiger partial charge >= 0.3 is 0 Å². The Hall–Kier alpha value is -2.23. The van der Waals surface area contributed by atoms with Gasteiger partial charge < -0.3 is 4.74 Å². The highest BCUT2D eigenvalue weighted by atomic mass is 19.2. The van der Waals surface area contributed by atoms with Crippen molar-refractivity contribution in [3.05, 3.63) is 65.5 Å². The first kappa shape index (κ1) is 18.1. The van der Waals surface area contributed by atoms with Gasteiger partial charge in [-0.05, 0) is 49.4 Å². The number of allylic oxidation sites excluding steroid dienone is 2. The maximum atomic E-state index is 14.2. The molecule has 0 aliphatic carbocycles. The third-order valence-electron chi connectivity index (χ3n) is 3.75. The Balaban J connectivity index is 2.15. The molecule has 0 bridgehead atoms. The SMILES string of the molecule is CCOc1ccc(-c2ccc(CC/C=C(\F)CC)cc2)c(F)c1F. The quantitative estimate of drug-likeness (QED) is 0.583. The van der Waals surface area contributed by atoms with Gasteiger partial charge in [0.25, 0.3) is 0 Å². The Bertz CT molecular complexity index is 706. The molecule has 0 atom stereocenters. The van der Waals surface area contributed by atoms with Crippen LogP contribution in [0.15, 0.2) is 48.3 Å². The maximum Gasteiger partial charge on any atom is 0.201 e. The normalized spacial score (nSPS) is 11.6. The molecule has 128 valence electrons. The lowest BCUT2D eigenvalue weighted by Crippen LogP contribution is -1.98. The molecule has 0 amide bonds. The lowest BCUT2D eigenvalue weighted by molar-refractivity contribution is 0.314. The first-order chi connectivity index (χ1) is 11.6. The highest BCUT2D eigenvalue weighted by Gasteiger charge is 2.15. The van der Waals surface area contributed by atoms with Crippen LogP contribution in [0.1, 0.15) is 32.3 Å². The average Bonchev–Trinajstić information content (AvgIpc) is 2.60. The van der Waals surface area contributed by atoms with E-state index in [1.165, 1.54) is 12.1 Å². The van der Waals surface area contributed by atoms with Gasteiger partial charge in [0, 0.05) is 5.56 Å². The van der Waals surface area contributed by atoms with E-state index in [1.807, 2.05) is 12.1 Å². The molecular weight excluding hydrogens is 313 g/mol. The van der Waals surface area contributed by atoms with Gasteiger partial charge in [0.15, 0.2) is 11.6 Å². The van der Waals surface area contributed by atoms with E-state index in [9.17, 15) is 13.2 Å². The van der Waals surface area contributed by atoms with Gasteiger partial charge in [0.1, 0.15) is 0 Å². The van der Waals surface area contributed by atoms with Gasteiger partial charge in [0.2, 0.25) is 5.82 Å². The first-order valence-corrected chi connectivity index (χ1v) is 8.11. The summed E-state index contributed by atoms with van der Waals surface area (Å²) < 4.78 is 46.3. The summed E-state index contributed by atoms with van der Waals surface area (Å²) in [5.41, 5.74) is 1.80.